The number of para-hydroxylation sites is 1. The fraction of sp³-hybridized carbons (Fsp3) is 0.462. The summed E-state index contributed by atoms with van der Waals surface area (Å²) in [5.41, 5.74) is 0.519. The molecule has 0 saturated heterocycles. The highest BCUT2D eigenvalue weighted by Gasteiger charge is 2.24. The minimum Gasteiger partial charge on any atom is -0.493 e. The summed E-state index contributed by atoms with van der Waals surface area (Å²) in [5, 5.41) is 12.2. The third-order valence-corrected chi connectivity index (χ3v) is 2.65. The summed E-state index contributed by atoms with van der Waals surface area (Å²) in [6, 6.07) is 4.27. The summed E-state index contributed by atoms with van der Waals surface area (Å²) in [6.45, 7) is 0.851. The zero-order valence-electron chi connectivity index (χ0n) is 11.3. The predicted octanol–water partition coefficient (Wildman–Crippen LogP) is 1.07. The number of benzene rings is 1. The summed E-state index contributed by atoms with van der Waals surface area (Å²) in [4.78, 5) is 11.4. The van der Waals surface area contributed by atoms with Gasteiger partial charge in [0.15, 0.2) is 11.5 Å². The molecular formula is C13H19NO5. The highest BCUT2D eigenvalue weighted by molar-refractivity contribution is 5.77. The number of ether oxygens (including phenoxy) is 3. The van der Waals surface area contributed by atoms with Gasteiger partial charge < -0.3 is 19.3 Å². The van der Waals surface area contributed by atoms with E-state index >= 15 is 0 Å². The van der Waals surface area contributed by atoms with E-state index in [1.54, 1.807) is 25.3 Å². The van der Waals surface area contributed by atoms with Crippen LogP contribution in [-0.4, -0.2) is 45.6 Å². The first-order valence-electron chi connectivity index (χ1n) is 5.81. The van der Waals surface area contributed by atoms with Crippen LogP contribution < -0.4 is 14.8 Å². The molecule has 0 spiro atoms. The van der Waals surface area contributed by atoms with Crippen LogP contribution in [0.4, 0.5) is 0 Å². The standard InChI is InChI=1S/C13H19NO5/c1-17-8-7-14-11(13(15)16)9-5-4-6-10(18-2)12(9)19-3/h4-6,11,14H,7-8H2,1-3H3,(H,15,16). The molecule has 0 aliphatic rings. The Bertz CT molecular complexity index is 421. The van der Waals surface area contributed by atoms with Gasteiger partial charge in [0.05, 0.1) is 20.8 Å². The molecule has 106 valence electrons. The number of carboxylic acids is 1. The molecule has 1 rings (SSSR count). The maximum Gasteiger partial charge on any atom is 0.325 e. The number of methoxy groups -OCH3 is 3. The third kappa shape index (κ3) is 3.84. The molecule has 1 unspecified atom stereocenters. The molecule has 2 N–H and O–H groups in total. The molecule has 1 aromatic carbocycles. The maximum absolute atomic E-state index is 11.4. The summed E-state index contributed by atoms with van der Waals surface area (Å²) in [7, 11) is 4.55. The van der Waals surface area contributed by atoms with E-state index in [1.165, 1.54) is 14.2 Å². The van der Waals surface area contributed by atoms with Crippen molar-refractivity contribution in [2.24, 2.45) is 0 Å². The topological polar surface area (TPSA) is 77.0 Å². The second kappa shape index (κ2) is 7.60. The van der Waals surface area contributed by atoms with E-state index in [2.05, 4.69) is 5.32 Å². The molecule has 1 atom stereocenters. The second-order valence-electron chi connectivity index (χ2n) is 3.80. The van der Waals surface area contributed by atoms with Gasteiger partial charge in [-0.3, -0.25) is 10.1 Å². The predicted molar refractivity (Wildman–Crippen MR) is 69.8 cm³/mol. The number of aliphatic carboxylic acids is 1. The van der Waals surface area contributed by atoms with Gasteiger partial charge in [0.2, 0.25) is 0 Å². The Morgan fingerprint density at radius 1 is 1.32 bits per heavy atom. The number of hydrogen-bond acceptors (Lipinski definition) is 5. The van der Waals surface area contributed by atoms with Crippen LogP contribution in [0, 0.1) is 0 Å². The van der Waals surface area contributed by atoms with E-state index in [0.717, 1.165) is 0 Å². The molecule has 0 heterocycles. The Kier molecular flexibility index (Phi) is 6.11. The van der Waals surface area contributed by atoms with E-state index in [0.29, 0.717) is 30.2 Å². The van der Waals surface area contributed by atoms with Crippen molar-refractivity contribution in [3.63, 3.8) is 0 Å². The summed E-state index contributed by atoms with van der Waals surface area (Å²) < 4.78 is 15.3. The van der Waals surface area contributed by atoms with Crippen molar-refractivity contribution >= 4 is 5.97 Å². The van der Waals surface area contributed by atoms with Crippen molar-refractivity contribution in [1.29, 1.82) is 0 Å². The number of rotatable bonds is 8. The van der Waals surface area contributed by atoms with E-state index in [1.807, 2.05) is 0 Å². The van der Waals surface area contributed by atoms with Crippen molar-refractivity contribution < 1.29 is 24.1 Å². The molecule has 0 amide bonds. The largest absolute Gasteiger partial charge is 0.493 e. The molecule has 19 heavy (non-hydrogen) atoms. The van der Waals surface area contributed by atoms with Gasteiger partial charge in [-0.05, 0) is 6.07 Å². The Hall–Kier alpha value is -1.79. The van der Waals surface area contributed by atoms with Crippen molar-refractivity contribution in [2.75, 3.05) is 34.5 Å². The first-order chi connectivity index (χ1) is 9.15. The van der Waals surface area contributed by atoms with Crippen molar-refractivity contribution in [1.82, 2.24) is 5.32 Å². The molecule has 0 aliphatic carbocycles. The lowest BCUT2D eigenvalue weighted by Gasteiger charge is -2.19. The zero-order valence-corrected chi connectivity index (χ0v) is 11.3. The Morgan fingerprint density at radius 2 is 2.05 bits per heavy atom. The van der Waals surface area contributed by atoms with Crippen molar-refractivity contribution in [2.45, 2.75) is 6.04 Å². The highest BCUT2D eigenvalue weighted by Crippen LogP contribution is 2.34. The number of hydrogen-bond donors (Lipinski definition) is 2. The molecule has 0 aliphatic heterocycles. The lowest BCUT2D eigenvalue weighted by Crippen LogP contribution is -2.31. The monoisotopic (exact) mass is 269 g/mol. The van der Waals surface area contributed by atoms with Gasteiger partial charge in [-0.15, -0.1) is 0 Å². The summed E-state index contributed by atoms with van der Waals surface area (Å²) in [6.07, 6.45) is 0. The van der Waals surface area contributed by atoms with Crippen LogP contribution in [-0.2, 0) is 9.53 Å². The van der Waals surface area contributed by atoms with Gasteiger partial charge in [0.1, 0.15) is 6.04 Å². The van der Waals surface area contributed by atoms with Gasteiger partial charge in [-0.2, -0.15) is 0 Å². The van der Waals surface area contributed by atoms with Gasteiger partial charge in [0, 0.05) is 19.2 Å². The average molecular weight is 269 g/mol. The first-order valence-corrected chi connectivity index (χ1v) is 5.81. The maximum atomic E-state index is 11.4. The molecule has 1 aromatic rings. The molecule has 0 radical (unpaired) electrons. The fourth-order valence-electron chi connectivity index (χ4n) is 1.77. The van der Waals surface area contributed by atoms with E-state index in [9.17, 15) is 9.90 Å². The smallest absolute Gasteiger partial charge is 0.325 e. The normalized spacial score (nSPS) is 11.9. The number of carbonyl (C=O) groups is 1. The van der Waals surface area contributed by atoms with Crippen LogP contribution in [0.25, 0.3) is 0 Å². The Labute approximate surface area is 112 Å². The van der Waals surface area contributed by atoms with Gasteiger partial charge in [0.25, 0.3) is 0 Å². The Balaban J connectivity index is 3.04. The first kappa shape index (κ1) is 15.3. The molecule has 0 fully saturated rings. The summed E-state index contributed by atoms with van der Waals surface area (Å²) in [5.74, 6) is -0.0650. The highest BCUT2D eigenvalue weighted by atomic mass is 16.5. The molecular weight excluding hydrogens is 250 g/mol. The Morgan fingerprint density at radius 3 is 2.58 bits per heavy atom. The molecule has 6 heteroatoms. The van der Waals surface area contributed by atoms with Gasteiger partial charge >= 0.3 is 5.97 Å². The number of carboxylic acid groups (broad SMARTS) is 1. The van der Waals surface area contributed by atoms with Crippen LogP contribution in [0.5, 0.6) is 11.5 Å². The van der Waals surface area contributed by atoms with Crippen LogP contribution in [0.3, 0.4) is 0 Å². The van der Waals surface area contributed by atoms with Gasteiger partial charge in [-0.25, -0.2) is 0 Å². The van der Waals surface area contributed by atoms with Crippen LogP contribution in [0.2, 0.25) is 0 Å². The molecule has 0 bridgehead atoms. The van der Waals surface area contributed by atoms with Crippen LogP contribution >= 0.6 is 0 Å². The molecule has 6 nitrogen and oxygen atoms in total. The second-order valence-corrected chi connectivity index (χ2v) is 3.80. The number of nitrogens with one attached hydrogen (secondary N) is 1. The lowest BCUT2D eigenvalue weighted by molar-refractivity contribution is -0.139. The zero-order chi connectivity index (χ0) is 14.3. The van der Waals surface area contributed by atoms with E-state index in [-0.39, 0.29) is 0 Å². The minimum atomic E-state index is -0.984. The van der Waals surface area contributed by atoms with Crippen molar-refractivity contribution in [3.8, 4) is 11.5 Å². The van der Waals surface area contributed by atoms with Crippen LogP contribution in [0.15, 0.2) is 18.2 Å². The fourth-order valence-corrected chi connectivity index (χ4v) is 1.77. The third-order valence-electron chi connectivity index (χ3n) is 2.65. The summed E-state index contributed by atoms with van der Waals surface area (Å²) >= 11 is 0. The van der Waals surface area contributed by atoms with E-state index < -0.39 is 12.0 Å². The minimum absolute atomic E-state index is 0.419. The average Bonchev–Trinajstić information content (AvgIpc) is 2.42. The quantitative estimate of drug-likeness (QED) is 0.687. The molecule has 0 saturated carbocycles. The SMILES string of the molecule is COCCNC(C(=O)O)c1cccc(OC)c1OC. The van der Waals surface area contributed by atoms with E-state index in [4.69, 9.17) is 14.2 Å². The lowest BCUT2D eigenvalue weighted by atomic mass is 10.1. The van der Waals surface area contributed by atoms with Crippen LogP contribution in [0.1, 0.15) is 11.6 Å². The van der Waals surface area contributed by atoms with Gasteiger partial charge in [-0.1, -0.05) is 12.1 Å². The molecule has 0 aromatic heterocycles. The van der Waals surface area contributed by atoms with Crippen molar-refractivity contribution in [3.05, 3.63) is 23.8 Å².